The van der Waals surface area contributed by atoms with Gasteiger partial charge in [-0.2, -0.15) is 0 Å². The fourth-order valence-electron chi connectivity index (χ4n) is 5.18. The van der Waals surface area contributed by atoms with Crippen molar-refractivity contribution in [2.24, 2.45) is 0 Å². The molecular formula is C30H32N2O3. The van der Waals surface area contributed by atoms with E-state index in [0.717, 1.165) is 62.1 Å². The van der Waals surface area contributed by atoms with E-state index in [1.165, 1.54) is 27.6 Å². The Kier molecular flexibility index (Phi) is 7.03. The van der Waals surface area contributed by atoms with E-state index < -0.39 is 0 Å². The number of hydrogen-bond acceptors (Lipinski definition) is 3. The Morgan fingerprint density at radius 3 is 2.69 bits per heavy atom. The molecule has 1 atom stereocenters. The monoisotopic (exact) mass is 468 g/mol. The fraction of sp³-hybridized carbons (Fsp3) is 0.300. The lowest BCUT2D eigenvalue weighted by Crippen LogP contribution is -2.34. The number of ether oxygens (including phenoxy) is 2. The first-order valence-electron chi connectivity index (χ1n) is 12.4. The largest absolute Gasteiger partial charge is 0.493 e. The van der Waals surface area contributed by atoms with E-state index in [2.05, 4.69) is 59.7 Å². The maximum Gasteiger partial charge on any atom is 0.210 e. The summed E-state index contributed by atoms with van der Waals surface area (Å²) < 4.78 is 11.8. The van der Waals surface area contributed by atoms with E-state index in [4.69, 9.17) is 9.47 Å². The quantitative estimate of drug-likeness (QED) is 0.222. The number of para-hydroxylation sites is 1. The van der Waals surface area contributed by atoms with Crippen LogP contribution in [0.2, 0.25) is 0 Å². The van der Waals surface area contributed by atoms with Crippen LogP contribution < -0.4 is 9.47 Å². The van der Waals surface area contributed by atoms with Crippen molar-refractivity contribution in [3.05, 3.63) is 95.2 Å². The van der Waals surface area contributed by atoms with Crippen molar-refractivity contribution >= 4 is 17.3 Å². The third-order valence-corrected chi connectivity index (χ3v) is 7.05. The minimum atomic E-state index is 0.0594. The molecule has 0 aliphatic carbocycles. The molecule has 1 aliphatic heterocycles. The number of benzene rings is 3. The highest BCUT2D eigenvalue weighted by Crippen LogP contribution is 2.40. The second kappa shape index (κ2) is 10.7. The lowest BCUT2D eigenvalue weighted by molar-refractivity contribution is -0.120. The molecule has 0 spiro atoms. The van der Waals surface area contributed by atoms with Gasteiger partial charge in [0.1, 0.15) is 6.61 Å². The standard InChI is InChI=1S/C30H32N2O3/c1-34-29-17-23-15-16-32(21-33)28(26(23)18-30(29)35-20-22-9-3-2-4-10-22)14-8-5-11-24-19-31-27-13-7-6-12-25(24)27/h2-4,6-7,9-10,12-13,17-19,21,28,31H,5,8,11,14-16,20H2,1H3. The molecule has 4 aromatic rings. The molecule has 5 heteroatoms. The van der Waals surface area contributed by atoms with Crippen LogP contribution in [0.25, 0.3) is 10.9 Å². The Hall–Kier alpha value is -3.73. The van der Waals surface area contributed by atoms with Gasteiger partial charge in [-0.1, -0.05) is 55.0 Å². The number of hydrogen-bond donors (Lipinski definition) is 1. The molecule has 1 aliphatic rings. The summed E-state index contributed by atoms with van der Waals surface area (Å²) in [6, 6.07) is 22.8. The van der Waals surface area contributed by atoms with Crippen LogP contribution in [-0.2, 0) is 24.2 Å². The first-order valence-corrected chi connectivity index (χ1v) is 12.4. The zero-order valence-electron chi connectivity index (χ0n) is 20.2. The maximum absolute atomic E-state index is 11.9. The molecule has 1 N–H and O–H groups in total. The van der Waals surface area contributed by atoms with Crippen molar-refractivity contribution < 1.29 is 14.3 Å². The van der Waals surface area contributed by atoms with Crippen molar-refractivity contribution in [2.45, 2.75) is 44.8 Å². The van der Waals surface area contributed by atoms with Gasteiger partial charge in [-0.3, -0.25) is 4.79 Å². The number of rotatable bonds is 10. The van der Waals surface area contributed by atoms with E-state index in [9.17, 15) is 4.79 Å². The summed E-state index contributed by atoms with van der Waals surface area (Å²) in [5.74, 6) is 1.48. The van der Waals surface area contributed by atoms with E-state index in [1.54, 1.807) is 7.11 Å². The van der Waals surface area contributed by atoms with E-state index in [1.807, 2.05) is 23.1 Å². The molecule has 0 bridgehead atoms. The van der Waals surface area contributed by atoms with Crippen LogP contribution in [0.5, 0.6) is 11.5 Å². The molecule has 1 aromatic heterocycles. The van der Waals surface area contributed by atoms with Crippen molar-refractivity contribution in [1.29, 1.82) is 0 Å². The predicted molar refractivity (Wildman–Crippen MR) is 139 cm³/mol. The Morgan fingerprint density at radius 1 is 1.03 bits per heavy atom. The molecule has 2 heterocycles. The Labute approximate surface area is 206 Å². The molecule has 3 aromatic carbocycles. The van der Waals surface area contributed by atoms with Crippen LogP contribution in [0.15, 0.2) is 72.9 Å². The molecule has 35 heavy (non-hydrogen) atoms. The third kappa shape index (κ3) is 5.04. The normalized spacial score (nSPS) is 15.1. The summed E-state index contributed by atoms with van der Waals surface area (Å²) in [6.07, 6.45) is 8.03. The lowest BCUT2D eigenvalue weighted by atomic mass is 9.89. The maximum atomic E-state index is 11.9. The molecule has 1 amide bonds. The van der Waals surface area contributed by atoms with Crippen molar-refractivity contribution in [3.8, 4) is 11.5 Å². The first-order chi connectivity index (χ1) is 17.3. The predicted octanol–water partition coefficient (Wildman–Crippen LogP) is 6.22. The summed E-state index contributed by atoms with van der Waals surface area (Å²) in [4.78, 5) is 17.2. The number of fused-ring (bicyclic) bond motifs is 2. The average Bonchev–Trinajstić information content (AvgIpc) is 3.33. The van der Waals surface area contributed by atoms with Crippen LogP contribution >= 0.6 is 0 Å². The average molecular weight is 469 g/mol. The number of amides is 1. The number of nitrogens with zero attached hydrogens (tertiary/aromatic N) is 1. The number of unbranched alkanes of at least 4 members (excludes halogenated alkanes) is 1. The van der Waals surface area contributed by atoms with Gasteiger partial charge in [0.2, 0.25) is 6.41 Å². The summed E-state index contributed by atoms with van der Waals surface area (Å²) in [7, 11) is 1.68. The van der Waals surface area contributed by atoms with Crippen LogP contribution in [0.4, 0.5) is 0 Å². The third-order valence-electron chi connectivity index (χ3n) is 7.05. The lowest BCUT2D eigenvalue weighted by Gasteiger charge is -2.35. The molecule has 0 saturated carbocycles. The molecule has 180 valence electrons. The second-order valence-electron chi connectivity index (χ2n) is 9.19. The summed E-state index contributed by atoms with van der Waals surface area (Å²) in [5, 5.41) is 1.30. The zero-order chi connectivity index (χ0) is 24.0. The number of aryl methyl sites for hydroxylation is 1. The fourth-order valence-corrected chi connectivity index (χ4v) is 5.18. The van der Waals surface area contributed by atoms with E-state index in [-0.39, 0.29) is 6.04 Å². The molecule has 5 nitrogen and oxygen atoms in total. The van der Waals surface area contributed by atoms with Crippen LogP contribution in [0.3, 0.4) is 0 Å². The number of methoxy groups -OCH3 is 1. The Bertz CT molecular complexity index is 1280. The van der Waals surface area contributed by atoms with Crippen LogP contribution in [0.1, 0.15) is 47.6 Å². The summed E-state index contributed by atoms with van der Waals surface area (Å²) >= 11 is 0. The molecule has 0 radical (unpaired) electrons. The number of aromatic amines is 1. The smallest absolute Gasteiger partial charge is 0.210 e. The molecule has 0 saturated heterocycles. The first kappa shape index (κ1) is 23.0. The number of aromatic nitrogens is 1. The van der Waals surface area contributed by atoms with E-state index >= 15 is 0 Å². The second-order valence-corrected chi connectivity index (χ2v) is 9.19. The minimum absolute atomic E-state index is 0.0594. The van der Waals surface area contributed by atoms with Gasteiger partial charge in [0.15, 0.2) is 11.5 Å². The van der Waals surface area contributed by atoms with Gasteiger partial charge < -0.3 is 19.4 Å². The summed E-state index contributed by atoms with van der Waals surface area (Å²) in [6.45, 7) is 1.21. The Morgan fingerprint density at radius 2 is 1.86 bits per heavy atom. The molecule has 0 fully saturated rings. The van der Waals surface area contributed by atoms with Crippen molar-refractivity contribution in [2.75, 3.05) is 13.7 Å². The highest BCUT2D eigenvalue weighted by molar-refractivity contribution is 5.83. The van der Waals surface area contributed by atoms with E-state index in [0.29, 0.717) is 6.61 Å². The minimum Gasteiger partial charge on any atom is -0.493 e. The highest BCUT2D eigenvalue weighted by atomic mass is 16.5. The number of nitrogens with one attached hydrogen (secondary N) is 1. The van der Waals surface area contributed by atoms with Crippen molar-refractivity contribution in [3.63, 3.8) is 0 Å². The van der Waals surface area contributed by atoms with Gasteiger partial charge in [0.25, 0.3) is 0 Å². The zero-order valence-corrected chi connectivity index (χ0v) is 20.2. The molecule has 5 rings (SSSR count). The highest BCUT2D eigenvalue weighted by Gasteiger charge is 2.28. The summed E-state index contributed by atoms with van der Waals surface area (Å²) in [5.41, 5.74) is 6.08. The van der Waals surface area contributed by atoms with Gasteiger partial charge in [-0.15, -0.1) is 0 Å². The van der Waals surface area contributed by atoms with Gasteiger partial charge in [-0.05, 0) is 66.1 Å². The van der Waals surface area contributed by atoms with Crippen LogP contribution in [0, 0.1) is 0 Å². The van der Waals surface area contributed by atoms with Gasteiger partial charge >= 0.3 is 0 Å². The number of carbonyl (C=O) groups excluding carboxylic acids is 1. The van der Waals surface area contributed by atoms with Gasteiger partial charge in [0.05, 0.1) is 13.2 Å². The van der Waals surface area contributed by atoms with Gasteiger partial charge in [0, 0.05) is 23.6 Å². The van der Waals surface area contributed by atoms with Crippen molar-refractivity contribution in [1.82, 2.24) is 9.88 Å². The van der Waals surface area contributed by atoms with Gasteiger partial charge in [-0.25, -0.2) is 0 Å². The Balaban J connectivity index is 1.30. The number of carbonyl (C=O) groups is 1. The SMILES string of the molecule is COc1cc2c(cc1OCc1ccccc1)C(CCCCc1c[nH]c3ccccc13)N(C=O)CC2. The molecule has 1 unspecified atom stereocenters. The topological polar surface area (TPSA) is 54.6 Å². The van der Waals surface area contributed by atoms with Crippen LogP contribution in [-0.4, -0.2) is 29.9 Å². The molecular weight excluding hydrogens is 436 g/mol. The number of H-pyrrole nitrogens is 1.